The summed E-state index contributed by atoms with van der Waals surface area (Å²) in [7, 11) is 0. The van der Waals surface area contributed by atoms with E-state index >= 15 is 0 Å². The Hall–Kier alpha value is -0.0800. The fourth-order valence-electron chi connectivity index (χ4n) is 3.07. The molecule has 2 heteroatoms. The van der Waals surface area contributed by atoms with Crippen LogP contribution in [0.2, 0.25) is 0 Å². The third kappa shape index (κ3) is 3.21. The summed E-state index contributed by atoms with van der Waals surface area (Å²) in [6, 6.07) is 2.51. The molecule has 0 amide bonds. The van der Waals surface area contributed by atoms with Crippen molar-refractivity contribution >= 4 is 0 Å². The summed E-state index contributed by atoms with van der Waals surface area (Å²) in [6.07, 6.45) is 9.72. The van der Waals surface area contributed by atoms with E-state index in [2.05, 4.69) is 24.1 Å². The number of hydrogen-bond donors (Lipinski definition) is 1. The average Bonchev–Trinajstić information content (AvgIpc) is 3.13. The highest BCUT2D eigenvalue weighted by Gasteiger charge is 2.29. The number of nitrogens with one attached hydrogen (secondary N) is 1. The van der Waals surface area contributed by atoms with Gasteiger partial charge < -0.3 is 5.32 Å². The van der Waals surface area contributed by atoms with Crippen LogP contribution in [0.4, 0.5) is 0 Å². The van der Waals surface area contributed by atoms with E-state index in [9.17, 15) is 0 Å². The fourth-order valence-corrected chi connectivity index (χ4v) is 3.07. The van der Waals surface area contributed by atoms with Crippen molar-refractivity contribution in [2.45, 2.75) is 76.9 Å². The van der Waals surface area contributed by atoms with Crippen molar-refractivity contribution in [1.29, 1.82) is 0 Å². The van der Waals surface area contributed by atoms with E-state index in [-0.39, 0.29) is 0 Å². The van der Waals surface area contributed by atoms with Crippen LogP contribution in [0.5, 0.6) is 0 Å². The molecule has 0 aromatic heterocycles. The molecule has 1 saturated heterocycles. The molecule has 1 aliphatic carbocycles. The summed E-state index contributed by atoms with van der Waals surface area (Å²) < 4.78 is 0. The van der Waals surface area contributed by atoms with Crippen LogP contribution < -0.4 is 5.32 Å². The van der Waals surface area contributed by atoms with Crippen LogP contribution in [0, 0.1) is 0 Å². The highest BCUT2D eigenvalue weighted by atomic mass is 15.2. The van der Waals surface area contributed by atoms with Crippen LogP contribution >= 0.6 is 0 Å². The van der Waals surface area contributed by atoms with Crippen molar-refractivity contribution in [3.63, 3.8) is 0 Å². The molecular weight excluding hydrogens is 196 g/mol. The lowest BCUT2D eigenvalue weighted by Crippen LogP contribution is -2.50. The first-order valence-corrected chi connectivity index (χ1v) is 7.34. The van der Waals surface area contributed by atoms with Crippen LogP contribution in [0.25, 0.3) is 0 Å². The molecule has 94 valence electrons. The zero-order valence-corrected chi connectivity index (χ0v) is 11.0. The van der Waals surface area contributed by atoms with Crippen molar-refractivity contribution in [1.82, 2.24) is 10.2 Å². The fraction of sp³-hybridized carbons (Fsp3) is 1.00. The standard InChI is InChI=1S/C14H28N2/c1-3-13(4-2)16-10-6-5-7-14(16)11-15-12-8-9-12/h12-15H,3-11H2,1-2H3. The number of nitrogens with zero attached hydrogens (tertiary/aromatic N) is 1. The lowest BCUT2D eigenvalue weighted by atomic mass is 9.97. The molecule has 1 heterocycles. The van der Waals surface area contributed by atoms with Crippen LogP contribution in [0.1, 0.15) is 58.8 Å². The Labute approximate surface area is 101 Å². The average molecular weight is 224 g/mol. The highest BCUT2D eigenvalue weighted by molar-refractivity contribution is 4.87. The topological polar surface area (TPSA) is 15.3 Å². The first kappa shape index (κ1) is 12.4. The van der Waals surface area contributed by atoms with Gasteiger partial charge in [-0.2, -0.15) is 0 Å². The third-order valence-electron chi connectivity index (χ3n) is 4.30. The summed E-state index contributed by atoms with van der Waals surface area (Å²) in [6.45, 7) is 7.26. The molecule has 0 aromatic rings. The summed E-state index contributed by atoms with van der Waals surface area (Å²) in [4.78, 5) is 2.79. The monoisotopic (exact) mass is 224 g/mol. The Kier molecular flexibility index (Phi) is 4.66. The largest absolute Gasteiger partial charge is 0.312 e. The molecule has 2 rings (SSSR count). The predicted molar refractivity (Wildman–Crippen MR) is 69.7 cm³/mol. The second kappa shape index (κ2) is 6.02. The molecule has 0 spiro atoms. The van der Waals surface area contributed by atoms with Gasteiger partial charge in [-0.3, -0.25) is 4.90 Å². The molecule has 1 saturated carbocycles. The summed E-state index contributed by atoms with van der Waals surface area (Å²) in [5.41, 5.74) is 0. The van der Waals surface area contributed by atoms with Crippen LogP contribution in [-0.2, 0) is 0 Å². The van der Waals surface area contributed by atoms with Gasteiger partial charge in [0, 0.05) is 24.7 Å². The number of hydrogen-bond acceptors (Lipinski definition) is 2. The van der Waals surface area contributed by atoms with Gasteiger partial charge in [-0.1, -0.05) is 20.3 Å². The zero-order valence-electron chi connectivity index (χ0n) is 11.0. The quantitative estimate of drug-likeness (QED) is 0.746. The third-order valence-corrected chi connectivity index (χ3v) is 4.30. The van der Waals surface area contributed by atoms with E-state index in [0.717, 1.165) is 18.1 Å². The Balaban J connectivity index is 1.84. The van der Waals surface area contributed by atoms with Crippen molar-refractivity contribution in [3.05, 3.63) is 0 Å². The van der Waals surface area contributed by atoms with E-state index in [1.807, 2.05) is 0 Å². The van der Waals surface area contributed by atoms with Crippen LogP contribution in [0.15, 0.2) is 0 Å². The van der Waals surface area contributed by atoms with Gasteiger partial charge in [0.1, 0.15) is 0 Å². The van der Waals surface area contributed by atoms with Gasteiger partial charge in [-0.05, 0) is 45.1 Å². The Bertz CT molecular complexity index is 197. The molecule has 1 N–H and O–H groups in total. The molecule has 0 radical (unpaired) electrons. The predicted octanol–water partition coefficient (Wildman–Crippen LogP) is 2.78. The molecule has 0 bridgehead atoms. The number of rotatable bonds is 6. The van der Waals surface area contributed by atoms with Gasteiger partial charge in [-0.25, -0.2) is 0 Å². The Morgan fingerprint density at radius 3 is 2.50 bits per heavy atom. The van der Waals surface area contributed by atoms with Crippen LogP contribution in [0.3, 0.4) is 0 Å². The molecular formula is C14H28N2. The number of likely N-dealkylation sites (tertiary alicyclic amines) is 1. The first-order valence-electron chi connectivity index (χ1n) is 7.34. The second-order valence-corrected chi connectivity index (χ2v) is 5.54. The highest BCUT2D eigenvalue weighted by Crippen LogP contribution is 2.24. The SMILES string of the molecule is CCC(CC)N1CCCCC1CNC1CC1. The molecule has 2 nitrogen and oxygen atoms in total. The molecule has 0 aromatic carbocycles. The molecule has 2 fully saturated rings. The summed E-state index contributed by atoms with van der Waals surface area (Å²) >= 11 is 0. The van der Waals surface area contributed by atoms with Crippen molar-refractivity contribution in [2.24, 2.45) is 0 Å². The Morgan fingerprint density at radius 1 is 1.12 bits per heavy atom. The summed E-state index contributed by atoms with van der Waals surface area (Å²) in [5.74, 6) is 0. The van der Waals surface area contributed by atoms with Gasteiger partial charge in [0.2, 0.25) is 0 Å². The smallest absolute Gasteiger partial charge is 0.0223 e. The molecule has 2 aliphatic rings. The molecule has 1 aliphatic heterocycles. The van der Waals surface area contributed by atoms with E-state index < -0.39 is 0 Å². The lowest BCUT2D eigenvalue weighted by molar-refractivity contribution is 0.0882. The van der Waals surface area contributed by atoms with Crippen molar-refractivity contribution in [2.75, 3.05) is 13.1 Å². The minimum Gasteiger partial charge on any atom is -0.312 e. The maximum atomic E-state index is 3.72. The Morgan fingerprint density at radius 2 is 1.88 bits per heavy atom. The number of piperidine rings is 1. The summed E-state index contributed by atoms with van der Waals surface area (Å²) in [5, 5.41) is 3.72. The normalized spacial score (nSPS) is 27.6. The van der Waals surface area contributed by atoms with Crippen LogP contribution in [-0.4, -0.2) is 36.1 Å². The molecule has 16 heavy (non-hydrogen) atoms. The van der Waals surface area contributed by atoms with Gasteiger partial charge in [0.15, 0.2) is 0 Å². The maximum absolute atomic E-state index is 3.72. The van der Waals surface area contributed by atoms with Gasteiger partial charge in [0.25, 0.3) is 0 Å². The minimum absolute atomic E-state index is 0.819. The van der Waals surface area contributed by atoms with Crippen molar-refractivity contribution < 1.29 is 0 Å². The van der Waals surface area contributed by atoms with Gasteiger partial charge in [0.05, 0.1) is 0 Å². The molecule has 1 unspecified atom stereocenters. The maximum Gasteiger partial charge on any atom is 0.0223 e. The van der Waals surface area contributed by atoms with Gasteiger partial charge >= 0.3 is 0 Å². The second-order valence-electron chi connectivity index (χ2n) is 5.54. The van der Waals surface area contributed by atoms with E-state index in [0.29, 0.717) is 0 Å². The van der Waals surface area contributed by atoms with E-state index in [1.54, 1.807) is 0 Å². The van der Waals surface area contributed by atoms with E-state index in [4.69, 9.17) is 0 Å². The zero-order chi connectivity index (χ0) is 11.4. The minimum atomic E-state index is 0.819. The first-order chi connectivity index (χ1) is 7.85. The van der Waals surface area contributed by atoms with Crippen molar-refractivity contribution in [3.8, 4) is 0 Å². The van der Waals surface area contributed by atoms with E-state index in [1.165, 1.54) is 58.0 Å². The molecule has 1 atom stereocenters. The van der Waals surface area contributed by atoms with Gasteiger partial charge in [-0.15, -0.1) is 0 Å². The lowest BCUT2D eigenvalue weighted by Gasteiger charge is -2.41.